The zero-order chi connectivity index (χ0) is 15.2. The molecule has 1 aromatic carbocycles. The molecule has 4 nitrogen and oxygen atoms in total. The fourth-order valence-corrected chi connectivity index (χ4v) is 3.46. The Hall–Kier alpha value is -1.88. The van der Waals surface area contributed by atoms with Gasteiger partial charge in [0.2, 0.25) is 0 Å². The van der Waals surface area contributed by atoms with Crippen LogP contribution in [0.25, 0.3) is 0 Å². The number of primary amides is 1. The van der Waals surface area contributed by atoms with Gasteiger partial charge in [-0.15, -0.1) is 0 Å². The van der Waals surface area contributed by atoms with E-state index in [2.05, 4.69) is 31.0 Å². The summed E-state index contributed by atoms with van der Waals surface area (Å²) < 4.78 is 5.86. The van der Waals surface area contributed by atoms with Crippen LogP contribution in [0.1, 0.15) is 47.4 Å². The predicted octanol–water partition coefficient (Wildman–Crippen LogP) is 3.57. The summed E-state index contributed by atoms with van der Waals surface area (Å²) in [6.45, 7) is 6.54. The molecule has 0 spiro atoms. The summed E-state index contributed by atoms with van der Waals surface area (Å²) in [5.41, 5.74) is 9.47. The number of aromatic nitrogens is 1. The molecule has 0 radical (unpaired) electrons. The van der Waals surface area contributed by atoms with Crippen molar-refractivity contribution in [3.8, 4) is 10.9 Å². The van der Waals surface area contributed by atoms with E-state index in [4.69, 9.17) is 10.5 Å². The van der Waals surface area contributed by atoms with Crippen molar-refractivity contribution in [3.63, 3.8) is 0 Å². The number of hydrogen-bond donors (Lipinski definition) is 1. The molecule has 0 atom stereocenters. The lowest BCUT2D eigenvalue weighted by atomic mass is 9.86. The smallest absolute Gasteiger partial charge is 0.279 e. The molecule has 5 heteroatoms. The summed E-state index contributed by atoms with van der Waals surface area (Å²) >= 11 is 1.28. The lowest BCUT2D eigenvalue weighted by Crippen LogP contribution is -2.12. The number of nitrogens with zero attached hydrogens (tertiary/aromatic N) is 1. The summed E-state index contributed by atoms with van der Waals surface area (Å²) in [6, 6.07) is 4.31. The van der Waals surface area contributed by atoms with Crippen molar-refractivity contribution in [3.05, 3.63) is 39.9 Å². The Morgan fingerprint density at radius 2 is 2.19 bits per heavy atom. The molecule has 21 heavy (non-hydrogen) atoms. The van der Waals surface area contributed by atoms with Gasteiger partial charge >= 0.3 is 0 Å². The number of rotatable bonds is 3. The van der Waals surface area contributed by atoms with Crippen LogP contribution < -0.4 is 10.5 Å². The average molecular weight is 302 g/mol. The highest BCUT2D eigenvalue weighted by Gasteiger charge is 2.30. The zero-order valence-corrected chi connectivity index (χ0v) is 13.2. The number of thiazole rings is 1. The van der Waals surface area contributed by atoms with E-state index in [-0.39, 0.29) is 11.1 Å². The van der Waals surface area contributed by atoms with Crippen molar-refractivity contribution >= 4 is 17.2 Å². The van der Waals surface area contributed by atoms with E-state index in [1.807, 2.05) is 6.92 Å². The minimum absolute atomic E-state index is 0.183. The van der Waals surface area contributed by atoms with Gasteiger partial charge in [0, 0.05) is 5.38 Å². The van der Waals surface area contributed by atoms with Crippen molar-refractivity contribution < 1.29 is 9.53 Å². The van der Waals surface area contributed by atoms with Crippen LogP contribution in [0.15, 0.2) is 17.5 Å². The number of fused-ring (bicyclic) bond motifs is 1. The highest BCUT2D eigenvalue weighted by Crippen LogP contribution is 2.42. The number of amides is 1. The first-order chi connectivity index (χ1) is 9.87. The maximum atomic E-state index is 11.1. The van der Waals surface area contributed by atoms with E-state index >= 15 is 0 Å². The molecule has 0 aliphatic heterocycles. The van der Waals surface area contributed by atoms with Crippen molar-refractivity contribution in [1.29, 1.82) is 0 Å². The second kappa shape index (κ2) is 4.84. The molecule has 1 amide bonds. The van der Waals surface area contributed by atoms with Crippen molar-refractivity contribution in [2.45, 2.75) is 39.0 Å². The van der Waals surface area contributed by atoms with Gasteiger partial charge in [0.1, 0.15) is 11.4 Å². The van der Waals surface area contributed by atoms with Gasteiger partial charge in [-0.25, -0.2) is 0 Å². The molecule has 3 rings (SSSR count). The highest BCUT2D eigenvalue weighted by molar-refractivity contribution is 7.11. The van der Waals surface area contributed by atoms with Crippen LogP contribution in [0.5, 0.6) is 10.9 Å². The van der Waals surface area contributed by atoms with E-state index in [9.17, 15) is 4.79 Å². The summed E-state index contributed by atoms with van der Waals surface area (Å²) in [7, 11) is 0. The Morgan fingerprint density at radius 1 is 1.43 bits per heavy atom. The van der Waals surface area contributed by atoms with Gasteiger partial charge in [-0.3, -0.25) is 4.79 Å². The average Bonchev–Trinajstić information content (AvgIpc) is 2.97. The SMILES string of the molecule is Cc1cc2c(cc1Oc1nc(C(N)=O)cs1)C(C)(C)CC2. The van der Waals surface area contributed by atoms with Gasteiger partial charge in [0.25, 0.3) is 11.1 Å². The molecule has 0 fully saturated rings. The molecule has 2 N–H and O–H groups in total. The molecule has 0 unspecified atom stereocenters. The topological polar surface area (TPSA) is 65.2 Å². The number of carbonyl (C=O) groups excluding carboxylic acids is 1. The molecule has 0 saturated heterocycles. The normalized spacial score (nSPS) is 15.8. The maximum absolute atomic E-state index is 11.1. The van der Waals surface area contributed by atoms with Gasteiger partial charge < -0.3 is 10.5 Å². The summed E-state index contributed by atoms with van der Waals surface area (Å²) in [4.78, 5) is 15.2. The van der Waals surface area contributed by atoms with E-state index in [0.29, 0.717) is 5.19 Å². The summed E-state index contributed by atoms with van der Waals surface area (Å²) in [5.74, 6) is 0.266. The molecule has 1 heterocycles. The standard InChI is InChI=1S/C16H18N2O2S/c1-9-6-10-4-5-16(2,3)11(10)7-13(9)20-15-18-12(8-21-15)14(17)19/h6-8H,4-5H2,1-3H3,(H2,17,19). The largest absolute Gasteiger partial charge is 0.431 e. The van der Waals surface area contributed by atoms with Crippen LogP contribution in [-0.4, -0.2) is 10.9 Å². The molecular formula is C16H18N2O2S. The Kier molecular flexibility index (Phi) is 3.24. The number of nitrogens with two attached hydrogens (primary N) is 1. The number of hydrogen-bond acceptors (Lipinski definition) is 4. The van der Waals surface area contributed by atoms with Gasteiger partial charge in [-0.1, -0.05) is 31.3 Å². The monoisotopic (exact) mass is 302 g/mol. The lowest BCUT2D eigenvalue weighted by molar-refractivity contribution is 0.0995. The van der Waals surface area contributed by atoms with E-state index < -0.39 is 5.91 Å². The molecule has 1 aliphatic carbocycles. The molecule has 1 aromatic heterocycles. The van der Waals surface area contributed by atoms with Crippen LogP contribution in [0.2, 0.25) is 0 Å². The van der Waals surface area contributed by atoms with Gasteiger partial charge in [0.15, 0.2) is 0 Å². The first-order valence-electron chi connectivity index (χ1n) is 6.94. The minimum Gasteiger partial charge on any atom is -0.431 e. The van der Waals surface area contributed by atoms with Gasteiger partial charge in [-0.2, -0.15) is 4.98 Å². The number of benzene rings is 1. The third-order valence-electron chi connectivity index (χ3n) is 4.08. The number of aryl methyl sites for hydroxylation is 2. The maximum Gasteiger partial charge on any atom is 0.279 e. The third-order valence-corrected chi connectivity index (χ3v) is 4.80. The van der Waals surface area contributed by atoms with Crippen LogP contribution in [0.3, 0.4) is 0 Å². The third kappa shape index (κ3) is 2.53. The molecule has 0 saturated carbocycles. The summed E-state index contributed by atoms with van der Waals surface area (Å²) in [6.07, 6.45) is 2.28. The van der Waals surface area contributed by atoms with Crippen molar-refractivity contribution in [2.75, 3.05) is 0 Å². The predicted molar refractivity (Wildman–Crippen MR) is 83.2 cm³/mol. The van der Waals surface area contributed by atoms with Gasteiger partial charge in [-0.05, 0) is 47.9 Å². The lowest BCUT2D eigenvalue weighted by Gasteiger charge is -2.20. The molecule has 2 aromatic rings. The second-order valence-corrected chi connectivity index (χ2v) is 6.94. The van der Waals surface area contributed by atoms with Crippen LogP contribution in [0, 0.1) is 6.92 Å². The first-order valence-corrected chi connectivity index (χ1v) is 7.82. The fourth-order valence-electron chi connectivity index (χ4n) is 2.79. The van der Waals surface area contributed by atoms with Crippen LogP contribution in [-0.2, 0) is 11.8 Å². The molecule has 110 valence electrons. The Labute approximate surface area is 128 Å². The fraction of sp³-hybridized carbons (Fsp3) is 0.375. The Balaban J connectivity index is 1.94. The van der Waals surface area contributed by atoms with E-state index in [0.717, 1.165) is 24.2 Å². The van der Waals surface area contributed by atoms with E-state index in [1.54, 1.807) is 5.38 Å². The van der Waals surface area contributed by atoms with Crippen LogP contribution >= 0.6 is 11.3 Å². The molecule has 0 bridgehead atoms. The second-order valence-electron chi connectivity index (χ2n) is 6.12. The van der Waals surface area contributed by atoms with Crippen LogP contribution in [0.4, 0.5) is 0 Å². The number of carbonyl (C=O) groups is 1. The Morgan fingerprint density at radius 3 is 2.86 bits per heavy atom. The van der Waals surface area contributed by atoms with Crippen molar-refractivity contribution in [2.24, 2.45) is 5.73 Å². The quantitative estimate of drug-likeness (QED) is 0.942. The zero-order valence-electron chi connectivity index (χ0n) is 12.4. The Bertz CT molecular complexity index is 719. The highest BCUT2D eigenvalue weighted by atomic mass is 32.1. The van der Waals surface area contributed by atoms with Crippen molar-refractivity contribution in [1.82, 2.24) is 4.98 Å². The number of ether oxygens (including phenoxy) is 1. The minimum atomic E-state index is -0.534. The molecule has 1 aliphatic rings. The first kappa shape index (κ1) is 14.1. The summed E-state index contributed by atoms with van der Waals surface area (Å²) in [5, 5.41) is 2.06. The van der Waals surface area contributed by atoms with E-state index in [1.165, 1.54) is 22.5 Å². The molecular weight excluding hydrogens is 284 g/mol. The van der Waals surface area contributed by atoms with Gasteiger partial charge in [0.05, 0.1) is 0 Å².